The van der Waals surface area contributed by atoms with Crippen LogP contribution in [-0.2, 0) is 0 Å². The first kappa shape index (κ1) is 15.5. The number of para-hydroxylation sites is 1. The van der Waals surface area contributed by atoms with Gasteiger partial charge in [0.15, 0.2) is 0 Å². The lowest BCUT2D eigenvalue weighted by atomic mass is 9.93. The van der Waals surface area contributed by atoms with E-state index >= 15 is 0 Å². The maximum atomic E-state index is 12.3. The highest BCUT2D eigenvalue weighted by Gasteiger charge is 2.32. The summed E-state index contributed by atoms with van der Waals surface area (Å²) < 4.78 is 36.8. The third kappa shape index (κ3) is 3.84. The van der Waals surface area contributed by atoms with Gasteiger partial charge in [0.25, 0.3) is 0 Å². The Hall–Kier alpha value is -0.840. The van der Waals surface area contributed by atoms with Crippen LogP contribution in [0.2, 0.25) is 0 Å². The molecule has 2 unspecified atom stereocenters. The lowest BCUT2D eigenvalue weighted by molar-refractivity contribution is -0.105. The van der Waals surface area contributed by atoms with E-state index in [4.69, 9.17) is 0 Å². The van der Waals surface area contributed by atoms with Gasteiger partial charge in [-0.05, 0) is 37.2 Å². The molecule has 0 saturated heterocycles. The quantitative estimate of drug-likeness (QED) is 0.800. The number of halogens is 3. The summed E-state index contributed by atoms with van der Waals surface area (Å²) in [6.45, 7) is 3.78. The Morgan fingerprint density at radius 1 is 1.25 bits per heavy atom. The predicted molar refractivity (Wildman–Crippen MR) is 76.2 cm³/mol. The van der Waals surface area contributed by atoms with Crippen LogP contribution >= 0.6 is 11.8 Å². The van der Waals surface area contributed by atoms with Crippen LogP contribution in [0.1, 0.15) is 49.0 Å². The van der Waals surface area contributed by atoms with Gasteiger partial charge in [-0.1, -0.05) is 25.1 Å². The molecule has 2 rings (SSSR count). The second kappa shape index (κ2) is 5.88. The molecule has 1 N–H and O–H groups in total. The summed E-state index contributed by atoms with van der Waals surface area (Å²) >= 11 is 0.810. The molecule has 1 aliphatic carbocycles. The van der Waals surface area contributed by atoms with Gasteiger partial charge in [-0.15, -0.1) is 11.8 Å². The zero-order chi connectivity index (χ0) is 14.9. The van der Waals surface area contributed by atoms with Crippen LogP contribution in [0.4, 0.5) is 13.2 Å². The molecule has 1 aromatic carbocycles. The number of hydrogen-bond acceptors (Lipinski definition) is 2. The fourth-order valence-corrected chi connectivity index (χ4v) is 3.24. The number of aromatic hydroxyl groups is 1. The van der Waals surface area contributed by atoms with Gasteiger partial charge in [-0.2, -0.15) is 13.2 Å². The second-order valence-electron chi connectivity index (χ2n) is 5.48. The third-order valence-corrected chi connectivity index (χ3v) is 5.10. The maximum Gasteiger partial charge on any atom is 0.397 e. The molecule has 1 nitrogen and oxygen atoms in total. The molecule has 2 atom stereocenters. The van der Waals surface area contributed by atoms with Gasteiger partial charge in [0, 0.05) is 10.8 Å². The first-order valence-corrected chi connectivity index (χ1v) is 7.84. The van der Waals surface area contributed by atoms with E-state index in [1.54, 1.807) is 13.0 Å². The second-order valence-corrected chi connectivity index (χ2v) is 6.81. The van der Waals surface area contributed by atoms with E-state index < -0.39 is 11.9 Å². The van der Waals surface area contributed by atoms with E-state index in [9.17, 15) is 18.3 Å². The summed E-state index contributed by atoms with van der Waals surface area (Å²) in [5, 5.41) is 9.97. The van der Waals surface area contributed by atoms with E-state index in [1.165, 1.54) is 12.8 Å². The van der Waals surface area contributed by atoms with E-state index in [-0.39, 0.29) is 16.9 Å². The average molecular weight is 304 g/mol. The molecule has 1 aliphatic rings. The third-order valence-electron chi connectivity index (χ3n) is 3.85. The minimum atomic E-state index is -4.17. The molecule has 0 radical (unpaired) electrons. The van der Waals surface area contributed by atoms with Crippen LogP contribution in [0.5, 0.6) is 5.75 Å². The van der Waals surface area contributed by atoms with Gasteiger partial charge in [0.2, 0.25) is 0 Å². The van der Waals surface area contributed by atoms with Crippen LogP contribution < -0.4 is 0 Å². The molecule has 1 aromatic rings. The van der Waals surface area contributed by atoms with Crippen molar-refractivity contribution in [1.82, 2.24) is 0 Å². The summed E-state index contributed by atoms with van der Waals surface area (Å²) in [7, 11) is 0. The Kier molecular flexibility index (Phi) is 4.57. The summed E-state index contributed by atoms with van der Waals surface area (Å²) in [6, 6.07) is 5.42. The summed E-state index contributed by atoms with van der Waals surface area (Å²) in [5.41, 5.74) is 1.47. The predicted octanol–water partition coefficient (Wildman–Crippen LogP) is 5.26. The number of hydrogen-bond donors (Lipinski definition) is 1. The summed E-state index contributed by atoms with van der Waals surface area (Å²) in [6.07, 6.45) is -1.83. The van der Waals surface area contributed by atoms with Gasteiger partial charge in [0.1, 0.15) is 5.75 Å². The lowest BCUT2D eigenvalue weighted by Crippen LogP contribution is -2.12. The van der Waals surface area contributed by atoms with Gasteiger partial charge in [-0.3, -0.25) is 0 Å². The topological polar surface area (TPSA) is 20.2 Å². The molecule has 1 saturated carbocycles. The molecule has 0 heterocycles. The lowest BCUT2D eigenvalue weighted by Gasteiger charge is -2.19. The Balaban J connectivity index is 2.13. The van der Waals surface area contributed by atoms with Crippen molar-refractivity contribution in [1.29, 1.82) is 0 Å². The fraction of sp³-hybridized carbons (Fsp3) is 0.600. The first-order valence-electron chi connectivity index (χ1n) is 6.79. The largest absolute Gasteiger partial charge is 0.507 e. The molecule has 1 fully saturated rings. The maximum absolute atomic E-state index is 12.3. The van der Waals surface area contributed by atoms with Crippen molar-refractivity contribution in [3.05, 3.63) is 29.3 Å². The van der Waals surface area contributed by atoms with Crippen LogP contribution in [-0.4, -0.2) is 17.0 Å². The molecular weight excluding hydrogens is 285 g/mol. The van der Waals surface area contributed by atoms with Gasteiger partial charge in [0.05, 0.1) is 5.75 Å². The van der Waals surface area contributed by atoms with Crippen molar-refractivity contribution in [2.24, 2.45) is 5.92 Å². The SMILES string of the molecule is CC(SCC(F)(F)F)c1cccc(C(C)C2CC2)c1O. The monoisotopic (exact) mass is 304 g/mol. The minimum absolute atomic E-state index is 0.175. The zero-order valence-corrected chi connectivity index (χ0v) is 12.4. The van der Waals surface area contributed by atoms with Crippen LogP contribution in [0.25, 0.3) is 0 Å². The number of phenols is 1. The van der Waals surface area contributed by atoms with Gasteiger partial charge >= 0.3 is 6.18 Å². The van der Waals surface area contributed by atoms with E-state index in [0.717, 1.165) is 17.3 Å². The summed E-state index contributed by atoms with van der Waals surface area (Å²) in [5.74, 6) is 0.161. The first-order chi connectivity index (χ1) is 9.29. The standard InChI is InChI=1S/C15H19F3OS/c1-9(11-6-7-11)12-4-3-5-13(14(12)19)10(2)20-8-15(16,17)18/h3-5,9-11,19H,6-8H2,1-2H3. The van der Waals surface area contributed by atoms with Crippen molar-refractivity contribution in [3.63, 3.8) is 0 Å². The number of phenolic OH excluding ortho intramolecular Hbond substituents is 1. The summed E-state index contributed by atoms with van der Waals surface area (Å²) in [4.78, 5) is 0. The Labute approximate surface area is 121 Å². The number of alkyl halides is 3. The molecule has 0 aromatic heterocycles. The van der Waals surface area contributed by atoms with E-state index in [1.807, 2.05) is 12.1 Å². The molecule has 0 amide bonds. The van der Waals surface area contributed by atoms with Crippen molar-refractivity contribution < 1.29 is 18.3 Å². The minimum Gasteiger partial charge on any atom is -0.507 e. The highest BCUT2D eigenvalue weighted by molar-refractivity contribution is 7.99. The van der Waals surface area contributed by atoms with Crippen molar-refractivity contribution in [2.45, 2.75) is 44.0 Å². The fourth-order valence-electron chi connectivity index (χ4n) is 2.43. The molecule has 5 heteroatoms. The number of rotatable bonds is 5. The molecule has 0 bridgehead atoms. The van der Waals surface area contributed by atoms with Crippen molar-refractivity contribution in [2.75, 3.05) is 5.75 Å². The Bertz CT molecular complexity index is 469. The average Bonchev–Trinajstić information content (AvgIpc) is 3.19. The zero-order valence-electron chi connectivity index (χ0n) is 11.6. The molecular formula is C15H19F3OS. The smallest absolute Gasteiger partial charge is 0.397 e. The highest BCUT2D eigenvalue weighted by Crippen LogP contribution is 2.47. The van der Waals surface area contributed by atoms with Gasteiger partial charge < -0.3 is 5.11 Å². The highest BCUT2D eigenvalue weighted by atomic mass is 32.2. The Morgan fingerprint density at radius 2 is 1.85 bits per heavy atom. The molecule has 112 valence electrons. The molecule has 0 spiro atoms. The number of benzene rings is 1. The molecule has 0 aliphatic heterocycles. The molecule has 20 heavy (non-hydrogen) atoms. The van der Waals surface area contributed by atoms with Crippen LogP contribution in [0.3, 0.4) is 0 Å². The normalized spacial score (nSPS) is 18.9. The van der Waals surface area contributed by atoms with E-state index in [2.05, 4.69) is 6.92 Å². The number of thioether (sulfide) groups is 1. The van der Waals surface area contributed by atoms with Crippen LogP contribution in [0.15, 0.2) is 18.2 Å². The van der Waals surface area contributed by atoms with Gasteiger partial charge in [-0.25, -0.2) is 0 Å². The van der Waals surface area contributed by atoms with Crippen molar-refractivity contribution >= 4 is 11.8 Å². The van der Waals surface area contributed by atoms with E-state index in [0.29, 0.717) is 11.5 Å². The Morgan fingerprint density at radius 3 is 2.40 bits per heavy atom. The van der Waals surface area contributed by atoms with Crippen molar-refractivity contribution in [3.8, 4) is 5.75 Å². The van der Waals surface area contributed by atoms with Crippen LogP contribution in [0, 0.1) is 5.92 Å².